The topological polar surface area (TPSA) is 77.8 Å². The Morgan fingerprint density at radius 1 is 1.50 bits per heavy atom. The van der Waals surface area contributed by atoms with Gasteiger partial charge in [-0.25, -0.2) is 4.98 Å². The van der Waals surface area contributed by atoms with Gasteiger partial charge < -0.3 is 10.6 Å². The number of benzene rings is 1. The van der Waals surface area contributed by atoms with Crippen molar-refractivity contribution in [2.24, 2.45) is 0 Å². The van der Waals surface area contributed by atoms with Gasteiger partial charge in [0.1, 0.15) is 10.9 Å². The summed E-state index contributed by atoms with van der Waals surface area (Å²) in [4.78, 5) is 15.9. The first-order valence-electron chi connectivity index (χ1n) is 5.30. The molecule has 18 heavy (non-hydrogen) atoms. The molecule has 1 aromatic heterocycles. The number of hydrogen-bond acceptors (Lipinski definition) is 5. The number of nitrogens with one attached hydrogen (secondary N) is 2. The van der Waals surface area contributed by atoms with Crippen LogP contribution in [0.25, 0.3) is 0 Å². The minimum Gasteiger partial charge on any atom is -0.332 e. The lowest BCUT2D eigenvalue weighted by Crippen LogP contribution is -2.03. The predicted octanol–water partition coefficient (Wildman–Crippen LogP) is 2.25. The molecule has 0 aliphatic carbocycles. The van der Waals surface area contributed by atoms with E-state index in [2.05, 4.69) is 15.6 Å². The van der Waals surface area contributed by atoms with Gasteiger partial charge >= 0.3 is 0 Å². The normalized spacial score (nSPS) is 12.7. The smallest absolute Gasteiger partial charge is 0.228 e. The van der Waals surface area contributed by atoms with Crippen molar-refractivity contribution in [2.75, 3.05) is 10.6 Å². The molecule has 0 fully saturated rings. The van der Waals surface area contributed by atoms with E-state index in [4.69, 9.17) is 5.26 Å². The van der Waals surface area contributed by atoms with Crippen molar-refractivity contribution < 1.29 is 4.79 Å². The van der Waals surface area contributed by atoms with Crippen LogP contribution in [-0.2, 0) is 11.2 Å². The predicted molar refractivity (Wildman–Crippen MR) is 68.9 cm³/mol. The summed E-state index contributed by atoms with van der Waals surface area (Å²) in [5.41, 5.74) is 2.70. The van der Waals surface area contributed by atoms with Crippen LogP contribution in [0, 0.1) is 11.3 Å². The van der Waals surface area contributed by atoms with Crippen LogP contribution in [0.4, 0.5) is 16.5 Å². The van der Waals surface area contributed by atoms with E-state index in [0.29, 0.717) is 16.4 Å². The molecule has 1 aliphatic rings. The van der Waals surface area contributed by atoms with Crippen molar-refractivity contribution in [3.63, 3.8) is 0 Å². The molecule has 0 saturated heterocycles. The lowest BCUT2D eigenvalue weighted by atomic mass is 10.1. The molecule has 3 rings (SSSR count). The standard InChI is InChI=1S/C12H8N4OS/c13-5-9-6-14-12(18-9)15-8-1-2-10-7(3-8)4-11(17)16-10/h1-3,6H,4H2,(H,14,15)(H,16,17). The van der Waals surface area contributed by atoms with E-state index in [1.165, 1.54) is 17.5 Å². The lowest BCUT2D eigenvalue weighted by Gasteiger charge is -2.04. The zero-order valence-electron chi connectivity index (χ0n) is 9.23. The molecular weight excluding hydrogens is 248 g/mol. The van der Waals surface area contributed by atoms with E-state index in [1.54, 1.807) is 0 Å². The van der Waals surface area contributed by atoms with Crippen molar-refractivity contribution in [3.05, 3.63) is 34.8 Å². The summed E-state index contributed by atoms with van der Waals surface area (Å²) in [6.45, 7) is 0. The van der Waals surface area contributed by atoms with Gasteiger partial charge in [-0.1, -0.05) is 11.3 Å². The van der Waals surface area contributed by atoms with Gasteiger partial charge in [-0.05, 0) is 23.8 Å². The highest BCUT2D eigenvalue weighted by atomic mass is 32.1. The first kappa shape index (κ1) is 10.7. The van der Waals surface area contributed by atoms with E-state index in [9.17, 15) is 4.79 Å². The number of amides is 1. The molecule has 5 nitrogen and oxygen atoms in total. The molecule has 1 aliphatic heterocycles. The Bertz CT molecular complexity index is 671. The Labute approximate surface area is 107 Å². The summed E-state index contributed by atoms with van der Waals surface area (Å²) in [7, 11) is 0. The Hall–Kier alpha value is -2.39. The molecule has 0 unspecified atom stereocenters. The van der Waals surface area contributed by atoms with E-state index < -0.39 is 0 Å². The Kier molecular flexibility index (Phi) is 2.46. The monoisotopic (exact) mass is 256 g/mol. The van der Waals surface area contributed by atoms with Crippen LogP contribution in [0.15, 0.2) is 24.4 Å². The highest BCUT2D eigenvalue weighted by molar-refractivity contribution is 7.16. The third-order valence-corrected chi connectivity index (χ3v) is 3.41. The number of anilines is 3. The fourth-order valence-corrected chi connectivity index (χ4v) is 2.45. The maximum Gasteiger partial charge on any atom is 0.228 e. The maximum atomic E-state index is 11.2. The largest absolute Gasteiger partial charge is 0.332 e. The minimum absolute atomic E-state index is 0.0168. The van der Waals surface area contributed by atoms with Gasteiger partial charge in [0.2, 0.25) is 5.91 Å². The quantitative estimate of drug-likeness (QED) is 0.863. The number of nitriles is 1. The molecule has 2 heterocycles. The van der Waals surface area contributed by atoms with Crippen molar-refractivity contribution in [2.45, 2.75) is 6.42 Å². The Morgan fingerprint density at radius 2 is 2.39 bits per heavy atom. The van der Waals surface area contributed by atoms with E-state index in [1.807, 2.05) is 24.3 Å². The first-order valence-corrected chi connectivity index (χ1v) is 6.12. The van der Waals surface area contributed by atoms with Crippen LogP contribution in [0.3, 0.4) is 0 Å². The van der Waals surface area contributed by atoms with Crippen LogP contribution >= 0.6 is 11.3 Å². The number of carbonyl (C=O) groups excluding carboxylic acids is 1. The molecule has 2 aromatic rings. The molecule has 0 atom stereocenters. The fraction of sp³-hybridized carbons (Fsp3) is 0.0833. The summed E-state index contributed by atoms with van der Waals surface area (Å²) in [6, 6.07) is 7.69. The van der Waals surface area contributed by atoms with Gasteiger partial charge in [-0.2, -0.15) is 5.26 Å². The van der Waals surface area contributed by atoms with Crippen LogP contribution in [0.5, 0.6) is 0 Å². The minimum atomic E-state index is 0.0168. The van der Waals surface area contributed by atoms with Crippen LogP contribution < -0.4 is 10.6 Å². The van der Waals surface area contributed by atoms with Gasteiger partial charge in [0.25, 0.3) is 0 Å². The Balaban J connectivity index is 1.84. The van der Waals surface area contributed by atoms with Crippen LogP contribution in [0.2, 0.25) is 0 Å². The van der Waals surface area contributed by atoms with Crippen LogP contribution in [0.1, 0.15) is 10.4 Å². The number of fused-ring (bicyclic) bond motifs is 1. The first-order chi connectivity index (χ1) is 8.74. The number of rotatable bonds is 2. The molecule has 0 spiro atoms. The third kappa shape index (κ3) is 1.92. The molecule has 0 radical (unpaired) electrons. The highest BCUT2D eigenvalue weighted by Crippen LogP contribution is 2.28. The summed E-state index contributed by atoms with van der Waals surface area (Å²) in [5, 5.41) is 15.3. The highest BCUT2D eigenvalue weighted by Gasteiger charge is 2.17. The molecule has 1 aromatic carbocycles. The zero-order valence-corrected chi connectivity index (χ0v) is 10.0. The third-order valence-electron chi connectivity index (χ3n) is 2.60. The second kappa shape index (κ2) is 4.13. The zero-order chi connectivity index (χ0) is 12.5. The van der Waals surface area contributed by atoms with Gasteiger partial charge in [-0.3, -0.25) is 4.79 Å². The number of carbonyl (C=O) groups is 1. The van der Waals surface area contributed by atoms with Gasteiger partial charge in [0.05, 0.1) is 12.6 Å². The van der Waals surface area contributed by atoms with Gasteiger partial charge in [-0.15, -0.1) is 0 Å². The van der Waals surface area contributed by atoms with E-state index in [0.717, 1.165) is 16.9 Å². The molecule has 6 heteroatoms. The number of aromatic nitrogens is 1. The van der Waals surface area contributed by atoms with Crippen molar-refractivity contribution in [1.29, 1.82) is 5.26 Å². The molecule has 0 saturated carbocycles. The fourth-order valence-electron chi connectivity index (χ4n) is 1.81. The summed E-state index contributed by atoms with van der Waals surface area (Å²) < 4.78 is 0. The molecule has 2 N–H and O–H groups in total. The van der Waals surface area contributed by atoms with Crippen molar-refractivity contribution >= 4 is 33.8 Å². The molecule has 88 valence electrons. The van der Waals surface area contributed by atoms with Crippen LogP contribution in [-0.4, -0.2) is 10.9 Å². The van der Waals surface area contributed by atoms with E-state index >= 15 is 0 Å². The SMILES string of the molecule is N#Cc1cnc(Nc2ccc3c(c2)CC(=O)N3)s1. The second-order valence-electron chi connectivity index (χ2n) is 3.86. The molecule has 1 amide bonds. The summed E-state index contributed by atoms with van der Waals surface area (Å²) in [5.74, 6) is 0.0168. The molecule has 0 bridgehead atoms. The average Bonchev–Trinajstić information content (AvgIpc) is 2.94. The summed E-state index contributed by atoms with van der Waals surface area (Å²) >= 11 is 1.30. The van der Waals surface area contributed by atoms with Gasteiger partial charge in [0.15, 0.2) is 5.13 Å². The second-order valence-corrected chi connectivity index (χ2v) is 4.89. The van der Waals surface area contributed by atoms with Gasteiger partial charge in [0, 0.05) is 11.4 Å². The van der Waals surface area contributed by atoms with Crippen molar-refractivity contribution in [3.8, 4) is 6.07 Å². The maximum absolute atomic E-state index is 11.2. The average molecular weight is 256 g/mol. The summed E-state index contributed by atoms with van der Waals surface area (Å²) in [6.07, 6.45) is 1.94. The number of thiazole rings is 1. The molecular formula is C12H8N4OS. The number of hydrogen-bond donors (Lipinski definition) is 2. The van der Waals surface area contributed by atoms with Crippen molar-refractivity contribution in [1.82, 2.24) is 4.98 Å². The number of nitrogens with zero attached hydrogens (tertiary/aromatic N) is 2. The van der Waals surface area contributed by atoms with E-state index in [-0.39, 0.29) is 5.91 Å². The lowest BCUT2D eigenvalue weighted by molar-refractivity contribution is -0.115. The Morgan fingerprint density at radius 3 is 3.17 bits per heavy atom.